The highest BCUT2D eigenvalue weighted by Crippen LogP contribution is 2.18. The summed E-state index contributed by atoms with van der Waals surface area (Å²) >= 11 is 0. The van der Waals surface area contributed by atoms with Crippen LogP contribution in [0.15, 0.2) is 11.3 Å². The first-order chi connectivity index (χ1) is 3.72. The summed E-state index contributed by atoms with van der Waals surface area (Å²) < 4.78 is 0. The zero-order valence-electron chi connectivity index (χ0n) is 5.27. The third-order valence-corrected chi connectivity index (χ3v) is 1.40. The lowest BCUT2D eigenvalue weighted by Gasteiger charge is -1.85. The summed E-state index contributed by atoms with van der Waals surface area (Å²) in [5.74, 6) is -0.118. The Bertz CT molecular complexity index is 158. The average Bonchev–Trinajstić information content (AvgIpc) is 1.98. The van der Waals surface area contributed by atoms with Crippen molar-refractivity contribution in [3.63, 3.8) is 0 Å². The largest absolute Gasteiger partial charge is 0.504 e. The van der Waals surface area contributed by atoms with Gasteiger partial charge in [0.05, 0.1) is 0 Å². The van der Waals surface area contributed by atoms with E-state index in [-0.39, 0.29) is 17.0 Å². The summed E-state index contributed by atoms with van der Waals surface area (Å²) in [6.07, 6.45) is 1.24. The molecular weight excluding hydrogens is 120 g/mol. The molecule has 52 valence electrons. The quantitative estimate of drug-likeness (QED) is 0.514. The average molecular weight is 130 g/mol. The molecule has 0 fully saturated rings. The fourth-order valence-corrected chi connectivity index (χ4v) is 0.776. The molecule has 3 nitrogen and oxygen atoms in total. The summed E-state index contributed by atoms with van der Waals surface area (Å²) in [6, 6.07) is 0. The summed E-state index contributed by atoms with van der Waals surface area (Å²) in [4.78, 5) is 10.5. The van der Waals surface area contributed by atoms with E-state index in [1.165, 1.54) is 0 Å². The Morgan fingerprint density at radius 1 is 1.44 bits per heavy atom. The van der Waals surface area contributed by atoms with Crippen LogP contribution in [0.3, 0.4) is 0 Å². The third kappa shape index (κ3) is 1.29. The number of hydrogen-bond acceptors (Lipinski definition) is 2. The molecule has 0 spiro atoms. The zero-order chi connectivity index (χ0) is 6.15. The fourth-order valence-electron chi connectivity index (χ4n) is 0.776. The highest BCUT2D eigenvalue weighted by Gasteiger charge is 2.17. The number of aliphatic hydroxyl groups excluding tert-OH is 1. The highest BCUT2D eigenvalue weighted by molar-refractivity contribution is 5.96. The van der Waals surface area contributed by atoms with Crippen molar-refractivity contribution in [2.45, 2.75) is 19.8 Å². The third-order valence-electron chi connectivity index (χ3n) is 1.40. The van der Waals surface area contributed by atoms with Crippen LogP contribution in [0.2, 0.25) is 0 Å². The Balaban J connectivity index is 0.000000640. The molecule has 0 amide bonds. The summed E-state index contributed by atoms with van der Waals surface area (Å²) in [7, 11) is 0. The number of ketones is 1. The lowest BCUT2D eigenvalue weighted by molar-refractivity contribution is -0.117. The maximum absolute atomic E-state index is 10.5. The molecule has 0 bridgehead atoms. The predicted molar refractivity (Wildman–Crippen MR) is 33.2 cm³/mol. The predicted octanol–water partition coefficient (Wildman–Crippen LogP) is 0.357. The molecule has 0 aliphatic heterocycles. The van der Waals surface area contributed by atoms with E-state index in [9.17, 15) is 4.79 Å². The Morgan fingerprint density at radius 3 is 2.11 bits per heavy atom. The van der Waals surface area contributed by atoms with Gasteiger partial charge in [0.2, 0.25) is 0 Å². The second-order valence-corrected chi connectivity index (χ2v) is 2.05. The molecule has 3 N–H and O–H groups in total. The maximum atomic E-state index is 10.5. The van der Waals surface area contributed by atoms with Gasteiger partial charge in [-0.15, -0.1) is 0 Å². The SMILES string of the molecule is CC1=C(O)C(=O)CC1.O. The van der Waals surface area contributed by atoms with Crippen LogP contribution in [0, 0.1) is 0 Å². The van der Waals surface area contributed by atoms with E-state index in [0.717, 1.165) is 12.0 Å². The van der Waals surface area contributed by atoms with Gasteiger partial charge in [0, 0.05) is 6.42 Å². The molecule has 1 aliphatic rings. The van der Waals surface area contributed by atoms with Crippen molar-refractivity contribution < 1.29 is 15.4 Å². The van der Waals surface area contributed by atoms with Crippen LogP contribution < -0.4 is 0 Å². The first kappa shape index (κ1) is 8.17. The standard InChI is InChI=1S/C6H8O2.H2O/c1-4-2-3-5(7)6(4)8;/h8H,2-3H2,1H3;1H2. The highest BCUT2D eigenvalue weighted by atomic mass is 16.3. The van der Waals surface area contributed by atoms with Crippen molar-refractivity contribution in [1.82, 2.24) is 0 Å². The molecular formula is C6H10O3. The Labute approximate surface area is 53.3 Å². The lowest BCUT2D eigenvalue weighted by Crippen LogP contribution is -1.92. The molecule has 0 aromatic heterocycles. The van der Waals surface area contributed by atoms with Crippen molar-refractivity contribution in [2.75, 3.05) is 0 Å². The molecule has 0 atom stereocenters. The molecule has 0 aromatic carbocycles. The number of Topliss-reactive ketones (excluding diaryl/α,β-unsaturated/α-hetero) is 1. The van der Waals surface area contributed by atoms with Crippen LogP contribution in [0.25, 0.3) is 0 Å². The molecule has 0 saturated carbocycles. The molecule has 1 rings (SSSR count). The summed E-state index contributed by atoms with van der Waals surface area (Å²) in [5, 5.41) is 8.80. The maximum Gasteiger partial charge on any atom is 0.197 e. The second-order valence-electron chi connectivity index (χ2n) is 2.05. The molecule has 0 saturated heterocycles. The van der Waals surface area contributed by atoms with Gasteiger partial charge in [-0.2, -0.15) is 0 Å². The number of hydrogen-bond donors (Lipinski definition) is 1. The van der Waals surface area contributed by atoms with Crippen LogP contribution >= 0.6 is 0 Å². The normalized spacial score (nSPS) is 18.1. The molecule has 3 heteroatoms. The van der Waals surface area contributed by atoms with Gasteiger partial charge in [0.15, 0.2) is 11.5 Å². The van der Waals surface area contributed by atoms with Crippen LogP contribution in [-0.4, -0.2) is 16.4 Å². The molecule has 0 unspecified atom stereocenters. The smallest absolute Gasteiger partial charge is 0.197 e. The molecule has 9 heavy (non-hydrogen) atoms. The molecule has 0 heterocycles. The Hall–Kier alpha value is -0.830. The summed E-state index contributed by atoms with van der Waals surface area (Å²) in [6.45, 7) is 1.78. The number of carbonyl (C=O) groups is 1. The molecule has 0 aromatic rings. The van der Waals surface area contributed by atoms with E-state index in [4.69, 9.17) is 5.11 Å². The van der Waals surface area contributed by atoms with Crippen LogP contribution in [0.5, 0.6) is 0 Å². The number of aliphatic hydroxyl groups is 1. The van der Waals surface area contributed by atoms with Crippen LogP contribution in [-0.2, 0) is 4.79 Å². The Morgan fingerprint density at radius 2 is 2.00 bits per heavy atom. The van der Waals surface area contributed by atoms with Crippen LogP contribution in [0.4, 0.5) is 0 Å². The van der Waals surface area contributed by atoms with E-state index in [0.29, 0.717) is 6.42 Å². The minimum absolute atomic E-state index is 0. The van der Waals surface area contributed by atoms with E-state index >= 15 is 0 Å². The van der Waals surface area contributed by atoms with Gasteiger partial charge in [-0.05, 0) is 18.9 Å². The van der Waals surface area contributed by atoms with Gasteiger partial charge in [-0.3, -0.25) is 4.79 Å². The lowest BCUT2D eigenvalue weighted by atomic mass is 10.3. The zero-order valence-corrected chi connectivity index (χ0v) is 5.27. The van der Waals surface area contributed by atoms with E-state index < -0.39 is 0 Å². The number of rotatable bonds is 0. The van der Waals surface area contributed by atoms with Gasteiger partial charge < -0.3 is 10.6 Å². The minimum Gasteiger partial charge on any atom is -0.504 e. The van der Waals surface area contributed by atoms with Crippen molar-refractivity contribution in [1.29, 1.82) is 0 Å². The van der Waals surface area contributed by atoms with Gasteiger partial charge >= 0.3 is 0 Å². The van der Waals surface area contributed by atoms with Crippen molar-refractivity contribution in [3.05, 3.63) is 11.3 Å². The van der Waals surface area contributed by atoms with E-state index in [1.807, 2.05) is 0 Å². The van der Waals surface area contributed by atoms with Gasteiger partial charge in [0.25, 0.3) is 0 Å². The Kier molecular flexibility index (Phi) is 2.40. The first-order valence-corrected chi connectivity index (χ1v) is 2.63. The molecule has 1 aliphatic carbocycles. The van der Waals surface area contributed by atoms with Crippen LogP contribution in [0.1, 0.15) is 19.8 Å². The van der Waals surface area contributed by atoms with Gasteiger partial charge in [-0.1, -0.05) is 0 Å². The minimum atomic E-state index is -0.109. The second kappa shape index (κ2) is 2.64. The number of carbonyl (C=O) groups excluding carboxylic acids is 1. The van der Waals surface area contributed by atoms with Crippen molar-refractivity contribution >= 4 is 5.78 Å². The number of allylic oxidation sites excluding steroid dienone is 2. The topological polar surface area (TPSA) is 68.8 Å². The van der Waals surface area contributed by atoms with E-state index in [2.05, 4.69) is 0 Å². The molecule has 0 radical (unpaired) electrons. The summed E-state index contributed by atoms with van der Waals surface area (Å²) in [5.41, 5.74) is 0.829. The monoisotopic (exact) mass is 130 g/mol. The van der Waals surface area contributed by atoms with Gasteiger partial charge in [0.1, 0.15) is 0 Å². The van der Waals surface area contributed by atoms with Crippen molar-refractivity contribution in [2.24, 2.45) is 0 Å². The van der Waals surface area contributed by atoms with Gasteiger partial charge in [-0.25, -0.2) is 0 Å². The van der Waals surface area contributed by atoms with Crippen molar-refractivity contribution in [3.8, 4) is 0 Å². The van der Waals surface area contributed by atoms with E-state index in [1.54, 1.807) is 6.92 Å². The fraction of sp³-hybridized carbons (Fsp3) is 0.500. The first-order valence-electron chi connectivity index (χ1n) is 2.63.